The van der Waals surface area contributed by atoms with Gasteiger partial charge in [0, 0.05) is 59.2 Å². The first-order valence-corrected chi connectivity index (χ1v) is 11.8. The standard InChI is InChI=1S/C26H29FN8O/c1-14-18(10-30-12-20(14)28)17-7-15-8-21(31-11-19(15)25(29)24(17)27)32-22-9-16-5-6-34(26(2,3)4)23(36)13-35(16)33-22/h7-12H,5-6,13,28-29H2,1-4H3,(H,31,32,33). The number of benzene rings is 1. The maximum Gasteiger partial charge on any atom is 0.244 e. The van der Waals surface area contributed by atoms with Crippen LogP contribution in [0.1, 0.15) is 32.0 Å². The van der Waals surface area contributed by atoms with Crippen LogP contribution in [0.4, 0.5) is 27.4 Å². The number of nitrogens with two attached hydrogens (primary N) is 2. The minimum atomic E-state index is -0.535. The molecule has 1 aliphatic rings. The van der Waals surface area contributed by atoms with E-state index in [9.17, 15) is 4.79 Å². The number of fused-ring (bicyclic) bond motifs is 2. The molecule has 186 valence electrons. The van der Waals surface area contributed by atoms with E-state index in [0.29, 0.717) is 52.2 Å². The summed E-state index contributed by atoms with van der Waals surface area (Å²) in [6.07, 6.45) is 5.36. The zero-order valence-corrected chi connectivity index (χ0v) is 20.8. The molecule has 0 aliphatic carbocycles. The van der Waals surface area contributed by atoms with Gasteiger partial charge < -0.3 is 21.7 Å². The van der Waals surface area contributed by atoms with Gasteiger partial charge in [0.05, 0.1) is 17.6 Å². The molecule has 36 heavy (non-hydrogen) atoms. The first kappa shape index (κ1) is 23.5. The molecular formula is C26H29FN8O. The summed E-state index contributed by atoms with van der Waals surface area (Å²) in [5, 5.41) is 9.00. The van der Waals surface area contributed by atoms with Crippen LogP contribution in [0.2, 0.25) is 0 Å². The van der Waals surface area contributed by atoms with Gasteiger partial charge in [-0.05, 0) is 50.8 Å². The maximum absolute atomic E-state index is 15.2. The molecule has 0 spiro atoms. The maximum atomic E-state index is 15.2. The summed E-state index contributed by atoms with van der Waals surface area (Å²) >= 11 is 0. The molecule has 5 N–H and O–H groups in total. The van der Waals surface area contributed by atoms with E-state index < -0.39 is 5.82 Å². The van der Waals surface area contributed by atoms with E-state index in [1.165, 1.54) is 12.4 Å². The van der Waals surface area contributed by atoms with Crippen LogP contribution >= 0.6 is 0 Å². The zero-order valence-electron chi connectivity index (χ0n) is 20.8. The van der Waals surface area contributed by atoms with Crippen LogP contribution in [0.3, 0.4) is 0 Å². The second-order valence-electron chi connectivity index (χ2n) is 10.1. The summed E-state index contributed by atoms with van der Waals surface area (Å²) < 4.78 is 16.9. The second kappa shape index (κ2) is 8.47. The molecular weight excluding hydrogens is 459 g/mol. The molecule has 4 heterocycles. The lowest BCUT2D eigenvalue weighted by Crippen LogP contribution is -2.46. The van der Waals surface area contributed by atoms with Crippen molar-refractivity contribution in [1.29, 1.82) is 0 Å². The van der Waals surface area contributed by atoms with E-state index in [4.69, 9.17) is 11.5 Å². The van der Waals surface area contributed by atoms with Crippen LogP contribution in [-0.2, 0) is 17.8 Å². The van der Waals surface area contributed by atoms with Gasteiger partial charge in [-0.3, -0.25) is 14.5 Å². The minimum absolute atomic E-state index is 0.0130. The molecule has 5 rings (SSSR count). The van der Waals surface area contributed by atoms with Crippen molar-refractivity contribution in [2.45, 2.75) is 46.2 Å². The summed E-state index contributed by atoms with van der Waals surface area (Å²) in [5.74, 6) is 0.612. The number of aromatic nitrogens is 4. The fourth-order valence-electron chi connectivity index (χ4n) is 4.63. The Balaban J connectivity index is 1.47. The van der Waals surface area contributed by atoms with Crippen LogP contribution in [0.5, 0.6) is 0 Å². The van der Waals surface area contributed by atoms with Gasteiger partial charge >= 0.3 is 0 Å². The highest BCUT2D eigenvalue weighted by atomic mass is 19.1. The SMILES string of the molecule is Cc1c(N)cncc1-c1cc2cc(Nc3cc4n(n3)CC(=O)N(C(C)(C)C)CC4)ncc2c(N)c1F. The number of pyridine rings is 2. The zero-order chi connectivity index (χ0) is 25.8. The monoisotopic (exact) mass is 488 g/mol. The molecule has 0 saturated carbocycles. The average Bonchev–Trinajstić information content (AvgIpc) is 3.10. The summed E-state index contributed by atoms with van der Waals surface area (Å²) in [6, 6.07) is 5.44. The molecule has 9 nitrogen and oxygen atoms in total. The third-order valence-electron chi connectivity index (χ3n) is 6.65. The Bertz CT molecular complexity index is 1500. The van der Waals surface area contributed by atoms with Crippen molar-refractivity contribution in [2.75, 3.05) is 23.3 Å². The third-order valence-corrected chi connectivity index (χ3v) is 6.65. The lowest BCUT2D eigenvalue weighted by molar-refractivity contribution is -0.136. The number of carbonyl (C=O) groups is 1. The number of hydrogen-bond donors (Lipinski definition) is 3. The van der Waals surface area contributed by atoms with Crippen LogP contribution < -0.4 is 16.8 Å². The number of nitrogens with zero attached hydrogens (tertiary/aromatic N) is 5. The fourth-order valence-corrected chi connectivity index (χ4v) is 4.63. The van der Waals surface area contributed by atoms with Crippen LogP contribution in [0, 0.1) is 12.7 Å². The highest BCUT2D eigenvalue weighted by Crippen LogP contribution is 2.36. The lowest BCUT2D eigenvalue weighted by atomic mass is 9.97. The second-order valence-corrected chi connectivity index (χ2v) is 10.1. The van der Waals surface area contributed by atoms with E-state index in [1.54, 1.807) is 23.0 Å². The van der Waals surface area contributed by atoms with Crippen LogP contribution in [0.25, 0.3) is 21.9 Å². The number of anilines is 4. The van der Waals surface area contributed by atoms with Gasteiger partial charge in [-0.15, -0.1) is 0 Å². The number of nitrogens with one attached hydrogen (secondary N) is 1. The summed E-state index contributed by atoms with van der Waals surface area (Å²) in [5.41, 5.74) is 15.0. The number of nitrogen functional groups attached to an aromatic ring is 2. The Kier molecular flexibility index (Phi) is 5.54. The van der Waals surface area contributed by atoms with Crippen molar-refractivity contribution < 1.29 is 9.18 Å². The highest BCUT2D eigenvalue weighted by Gasteiger charge is 2.30. The topological polar surface area (TPSA) is 128 Å². The van der Waals surface area contributed by atoms with E-state index >= 15 is 4.39 Å². The summed E-state index contributed by atoms with van der Waals surface area (Å²) in [6.45, 7) is 8.74. The fraction of sp³-hybridized carbons (Fsp3) is 0.308. The predicted octanol–water partition coefficient (Wildman–Crippen LogP) is 4.03. The molecule has 0 bridgehead atoms. The number of amides is 1. The van der Waals surface area contributed by atoms with Gasteiger partial charge in [-0.1, -0.05) is 0 Å². The van der Waals surface area contributed by atoms with Crippen molar-refractivity contribution in [3.05, 3.63) is 53.9 Å². The van der Waals surface area contributed by atoms with Gasteiger partial charge in [-0.2, -0.15) is 5.10 Å². The molecule has 0 radical (unpaired) electrons. The average molecular weight is 489 g/mol. The van der Waals surface area contributed by atoms with E-state index in [-0.39, 0.29) is 23.7 Å². The van der Waals surface area contributed by atoms with Gasteiger partial charge in [-0.25, -0.2) is 9.37 Å². The Morgan fingerprint density at radius 2 is 1.83 bits per heavy atom. The van der Waals surface area contributed by atoms with Gasteiger partial charge in [0.1, 0.15) is 12.4 Å². The van der Waals surface area contributed by atoms with E-state index in [0.717, 1.165) is 11.3 Å². The summed E-state index contributed by atoms with van der Waals surface area (Å²) in [7, 11) is 0. The third kappa shape index (κ3) is 4.08. The molecule has 0 atom stereocenters. The van der Waals surface area contributed by atoms with E-state index in [2.05, 4.69) is 20.4 Å². The van der Waals surface area contributed by atoms with E-state index in [1.807, 2.05) is 38.7 Å². The Morgan fingerprint density at radius 3 is 2.58 bits per heavy atom. The van der Waals surface area contributed by atoms with Crippen molar-refractivity contribution in [1.82, 2.24) is 24.6 Å². The minimum Gasteiger partial charge on any atom is -0.397 e. The number of hydrogen-bond acceptors (Lipinski definition) is 7. The quantitative estimate of drug-likeness (QED) is 0.371. The van der Waals surface area contributed by atoms with Crippen molar-refractivity contribution in [2.24, 2.45) is 0 Å². The molecule has 0 saturated heterocycles. The van der Waals surface area contributed by atoms with Crippen molar-refractivity contribution in [3.8, 4) is 11.1 Å². The van der Waals surface area contributed by atoms with Crippen LogP contribution in [-0.4, -0.2) is 42.6 Å². The Hall–Kier alpha value is -4.21. The molecule has 0 fully saturated rings. The molecule has 10 heteroatoms. The molecule has 4 aromatic rings. The smallest absolute Gasteiger partial charge is 0.244 e. The Morgan fingerprint density at radius 1 is 1.06 bits per heavy atom. The molecule has 1 aliphatic heterocycles. The first-order valence-electron chi connectivity index (χ1n) is 11.8. The lowest BCUT2D eigenvalue weighted by Gasteiger charge is -2.34. The van der Waals surface area contributed by atoms with Gasteiger partial charge in [0.15, 0.2) is 11.6 Å². The molecule has 0 unspecified atom stereocenters. The predicted molar refractivity (Wildman–Crippen MR) is 139 cm³/mol. The largest absolute Gasteiger partial charge is 0.397 e. The number of rotatable bonds is 3. The van der Waals surface area contributed by atoms with Crippen LogP contribution in [0.15, 0.2) is 36.8 Å². The number of halogens is 1. The molecule has 1 amide bonds. The van der Waals surface area contributed by atoms with Gasteiger partial charge in [0.25, 0.3) is 0 Å². The first-order chi connectivity index (χ1) is 17.0. The normalized spacial score (nSPS) is 14.1. The molecule has 1 aromatic carbocycles. The Labute approximate surface area is 208 Å². The summed E-state index contributed by atoms with van der Waals surface area (Å²) in [4.78, 5) is 23.2. The molecule has 3 aromatic heterocycles. The van der Waals surface area contributed by atoms with Crippen molar-refractivity contribution in [3.63, 3.8) is 0 Å². The highest BCUT2D eigenvalue weighted by molar-refractivity contribution is 5.98. The number of carbonyl (C=O) groups excluding carboxylic acids is 1. The van der Waals surface area contributed by atoms with Gasteiger partial charge in [0.2, 0.25) is 5.91 Å². The van der Waals surface area contributed by atoms with Crippen molar-refractivity contribution >= 4 is 39.7 Å².